The third-order valence-electron chi connectivity index (χ3n) is 6.41. The lowest BCUT2D eigenvalue weighted by Gasteiger charge is -2.39. The van der Waals surface area contributed by atoms with Gasteiger partial charge in [-0.1, -0.05) is 48.5 Å². The highest BCUT2D eigenvalue weighted by Gasteiger charge is 2.35. The van der Waals surface area contributed by atoms with Gasteiger partial charge < -0.3 is 14.6 Å². The van der Waals surface area contributed by atoms with Crippen LogP contribution < -0.4 is 0 Å². The van der Waals surface area contributed by atoms with Crippen LogP contribution in [0.2, 0.25) is 0 Å². The molecule has 0 aliphatic carbocycles. The lowest BCUT2D eigenvalue weighted by Crippen LogP contribution is -2.53. The summed E-state index contributed by atoms with van der Waals surface area (Å²) in [6.07, 6.45) is 3.29. The molecule has 2 saturated heterocycles. The fourth-order valence-electron chi connectivity index (χ4n) is 4.76. The topological polar surface area (TPSA) is 65.6 Å². The van der Waals surface area contributed by atoms with Crippen LogP contribution in [-0.2, 0) is 9.53 Å². The first-order valence-electron chi connectivity index (χ1n) is 11.0. The fourth-order valence-corrected chi connectivity index (χ4v) is 4.76. The largest absolute Gasteiger partial charge is 0.368 e. The first kappa shape index (κ1) is 20.0. The molecule has 2 aliphatic rings. The zero-order valence-corrected chi connectivity index (χ0v) is 17.5. The predicted molar refractivity (Wildman–Crippen MR) is 119 cm³/mol. The average Bonchev–Trinajstić information content (AvgIpc) is 3.50. The van der Waals surface area contributed by atoms with Gasteiger partial charge in [0.15, 0.2) is 5.78 Å². The third-order valence-corrected chi connectivity index (χ3v) is 6.41. The van der Waals surface area contributed by atoms with E-state index in [0.29, 0.717) is 38.3 Å². The molecule has 0 bridgehead atoms. The molecule has 160 valence electrons. The Hall–Kier alpha value is -2.96. The number of fused-ring (bicyclic) bond motifs is 1. The number of ketones is 1. The highest BCUT2D eigenvalue weighted by molar-refractivity contribution is 6.10. The zero-order valence-electron chi connectivity index (χ0n) is 17.5. The molecular formula is C25H27N3O3. The minimum Gasteiger partial charge on any atom is -0.368 e. The molecular weight excluding hydrogens is 390 g/mol. The second-order valence-electron chi connectivity index (χ2n) is 8.29. The molecule has 1 amide bonds. The minimum absolute atomic E-state index is 0.0857. The van der Waals surface area contributed by atoms with Crippen molar-refractivity contribution in [3.63, 3.8) is 0 Å². The van der Waals surface area contributed by atoms with Gasteiger partial charge in [-0.2, -0.15) is 0 Å². The number of hydrogen-bond donors (Lipinski definition) is 1. The average molecular weight is 418 g/mol. The summed E-state index contributed by atoms with van der Waals surface area (Å²) in [6, 6.07) is 17.5. The Morgan fingerprint density at radius 3 is 2.45 bits per heavy atom. The van der Waals surface area contributed by atoms with Crippen LogP contribution >= 0.6 is 0 Å². The van der Waals surface area contributed by atoms with Crippen LogP contribution in [0.5, 0.6) is 0 Å². The van der Waals surface area contributed by atoms with E-state index in [9.17, 15) is 9.59 Å². The Morgan fingerprint density at radius 2 is 1.71 bits per heavy atom. The van der Waals surface area contributed by atoms with Crippen molar-refractivity contribution in [1.29, 1.82) is 0 Å². The number of aromatic nitrogens is 1. The summed E-state index contributed by atoms with van der Waals surface area (Å²) >= 11 is 0. The maximum atomic E-state index is 13.8. The van der Waals surface area contributed by atoms with Crippen molar-refractivity contribution >= 4 is 22.6 Å². The summed E-state index contributed by atoms with van der Waals surface area (Å²) in [6.45, 7) is 3.22. The van der Waals surface area contributed by atoms with Crippen molar-refractivity contribution in [3.05, 3.63) is 71.9 Å². The Morgan fingerprint density at radius 1 is 0.968 bits per heavy atom. The molecule has 2 unspecified atom stereocenters. The Kier molecular flexibility index (Phi) is 5.57. The number of benzene rings is 2. The van der Waals surface area contributed by atoms with Gasteiger partial charge in [-0.3, -0.25) is 14.5 Å². The summed E-state index contributed by atoms with van der Waals surface area (Å²) in [7, 11) is 0. The van der Waals surface area contributed by atoms with Crippen LogP contribution in [-0.4, -0.2) is 65.4 Å². The second-order valence-corrected chi connectivity index (χ2v) is 8.29. The van der Waals surface area contributed by atoms with Crippen LogP contribution in [0.4, 0.5) is 0 Å². The van der Waals surface area contributed by atoms with Crippen molar-refractivity contribution in [1.82, 2.24) is 14.8 Å². The molecule has 31 heavy (non-hydrogen) atoms. The van der Waals surface area contributed by atoms with Crippen molar-refractivity contribution in [2.24, 2.45) is 0 Å². The number of rotatable bonds is 5. The Labute approximate surface area is 181 Å². The van der Waals surface area contributed by atoms with Crippen molar-refractivity contribution in [3.8, 4) is 0 Å². The lowest BCUT2D eigenvalue weighted by atomic mass is 9.95. The van der Waals surface area contributed by atoms with E-state index in [-0.39, 0.29) is 23.8 Å². The lowest BCUT2D eigenvalue weighted by molar-refractivity contribution is -0.142. The summed E-state index contributed by atoms with van der Waals surface area (Å²) in [5.74, 6) is 0.180. The van der Waals surface area contributed by atoms with E-state index in [1.54, 1.807) is 0 Å². The van der Waals surface area contributed by atoms with Gasteiger partial charge in [0.05, 0.1) is 6.04 Å². The van der Waals surface area contributed by atoms with E-state index >= 15 is 0 Å². The number of piperazine rings is 1. The molecule has 3 aromatic rings. The number of nitrogens with zero attached hydrogens (tertiary/aromatic N) is 2. The molecule has 3 heterocycles. The smallest absolute Gasteiger partial charge is 0.251 e. The second kappa shape index (κ2) is 8.65. The van der Waals surface area contributed by atoms with Gasteiger partial charge in [0.2, 0.25) is 0 Å². The molecule has 2 fully saturated rings. The van der Waals surface area contributed by atoms with Crippen LogP contribution in [0.25, 0.3) is 10.9 Å². The number of H-pyrrole nitrogens is 1. The van der Waals surface area contributed by atoms with E-state index in [1.807, 2.05) is 65.7 Å². The zero-order chi connectivity index (χ0) is 21.2. The summed E-state index contributed by atoms with van der Waals surface area (Å²) in [5.41, 5.74) is 2.66. The van der Waals surface area contributed by atoms with Gasteiger partial charge in [-0.15, -0.1) is 0 Å². The van der Waals surface area contributed by atoms with Crippen LogP contribution in [0.1, 0.15) is 34.8 Å². The number of aromatic amines is 1. The first-order chi connectivity index (χ1) is 15.2. The normalized spacial score (nSPS) is 20.8. The van der Waals surface area contributed by atoms with Gasteiger partial charge in [-0.05, 0) is 24.5 Å². The number of carbonyl (C=O) groups is 2. The molecule has 2 aromatic carbocycles. The van der Waals surface area contributed by atoms with Gasteiger partial charge >= 0.3 is 0 Å². The fraction of sp³-hybridized carbons (Fsp3) is 0.360. The van der Waals surface area contributed by atoms with E-state index in [1.165, 1.54) is 0 Å². The predicted octanol–water partition coefficient (Wildman–Crippen LogP) is 3.42. The maximum Gasteiger partial charge on any atom is 0.251 e. The number of Topliss-reactive ketones (excluding diaryl/α,β-unsaturated/α-hetero) is 1. The summed E-state index contributed by atoms with van der Waals surface area (Å²) in [5, 5.41) is 0.945. The molecule has 0 saturated carbocycles. The molecule has 2 atom stereocenters. The molecule has 1 aromatic heterocycles. The number of ether oxygens (including phenoxy) is 1. The third kappa shape index (κ3) is 3.89. The van der Waals surface area contributed by atoms with E-state index in [2.05, 4.69) is 9.88 Å². The van der Waals surface area contributed by atoms with Crippen LogP contribution in [0.15, 0.2) is 60.8 Å². The molecule has 1 N–H and O–H groups in total. The first-order valence-corrected chi connectivity index (χ1v) is 11.0. The molecule has 0 spiro atoms. The summed E-state index contributed by atoms with van der Waals surface area (Å²) < 4.78 is 5.58. The van der Waals surface area contributed by atoms with Crippen LogP contribution in [0, 0.1) is 0 Å². The molecule has 2 aliphatic heterocycles. The maximum absolute atomic E-state index is 13.8. The van der Waals surface area contributed by atoms with E-state index in [0.717, 1.165) is 29.3 Å². The van der Waals surface area contributed by atoms with Crippen LogP contribution in [0.3, 0.4) is 0 Å². The monoisotopic (exact) mass is 417 g/mol. The van der Waals surface area contributed by atoms with Gasteiger partial charge in [-0.25, -0.2) is 0 Å². The summed E-state index contributed by atoms with van der Waals surface area (Å²) in [4.78, 5) is 33.8. The van der Waals surface area contributed by atoms with Crippen molar-refractivity contribution in [2.45, 2.75) is 25.0 Å². The number of amides is 1. The Bertz CT molecular complexity index is 1060. The molecule has 6 nitrogen and oxygen atoms in total. The molecule has 6 heteroatoms. The van der Waals surface area contributed by atoms with Gasteiger partial charge in [0, 0.05) is 55.4 Å². The van der Waals surface area contributed by atoms with Crippen molar-refractivity contribution in [2.75, 3.05) is 32.8 Å². The number of para-hydroxylation sites is 1. The van der Waals surface area contributed by atoms with Gasteiger partial charge in [0.1, 0.15) is 6.10 Å². The van der Waals surface area contributed by atoms with E-state index < -0.39 is 0 Å². The number of carbonyl (C=O) groups excluding carboxylic acids is 2. The number of nitrogens with one attached hydrogen (secondary N) is 1. The molecule has 5 rings (SSSR count). The van der Waals surface area contributed by atoms with Crippen molar-refractivity contribution < 1.29 is 14.3 Å². The highest BCUT2D eigenvalue weighted by atomic mass is 16.5. The Balaban J connectivity index is 1.39. The van der Waals surface area contributed by atoms with E-state index in [4.69, 9.17) is 4.74 Å². The molecule has 0 radical (unpaired) electrons. The minimum atomic E-state index is -0.375. The highest BCUT2D eigenvalue weighted by Crippen LogP contribution is 2.30. The SMILES string of the molecule is O=C(c1c[nH]c2ccccc12)C(c1ccccc1)N1CCN(C(=O)C2CCCO2)CC1. The van der Waals surface area contributed by atoms with Gasteiger partial charge in [0.25, 0.3) is 5.91 Å². The standard InChI is InChI=1S/C25H27N3O3/c29-24(20-17-26-21-10-5-4-9-19(20)21)23(18-7-2-1-3-8-18)27-12-14-28(15-13-27)25(30)22-11-6-16-31-22/h1-5,7-10,17,22-23,26H,6,11-16H2. The number of hydrogen-bond acceptors (Lipinski definition) is 4. The quantitative estimate of drug-likeness (QED) is 0.646.